The molecule has 0 aliphatic heterocycles. The third-order valence-electron chi connectivity index (χ3n) is 3.04. The molecule has 0 amide bonds. The van der Waals surface area contributed by atoms with Crippen molar-refractivity contribution in [1.82, 2.24) is 30.3 Å². The molecule has 2 aromatic heterocycles. The molecule has 2 aromatic rings. The first-order valence-electron chi connectivity index (χ1n) is 5.67. The number of rotatable bonds is 4. The van der Waals surface area contributed by atoms with Gasteiger partial charge in [-0.1, -0.05) is 0 Å². The van der Waals surface area contributed by atoms with Gasteiger partial charge in [0.15, 0.2) is 0 Å². The maximum Gasteiger partial charge on any atom is 0.138 e. The molecule has 6 nitrogen and oxygen atoms in total. The van der Waals surface area contributed by atoms with Gasteiger partial charge < -0.3 is 5.32 Å². The lowest BCUT2D eigenvalue weighted by Crippen LogP contribution is -2.20. The van der Waals surface area contributed by atoms with E-state index in [4.69, 9.17) is 0 Å². The second kappa shape index (κ2) is 4.67. The van der Waals surface area contributed by atoms with E-state index in [-0.39, 0.29) is 6.04 Å². The first kappa shape index (κ1) is 11.8. The molecule has 0 aliphatic rings. The van der Waals surface area contributed by atoms with E-state index in [1.165, 1.54) is 17.6 Å². The molecule has 92 valence electrons. The van der Waals surface area contributed by atoms with Gasteiger partial charge in [-0.05, 0) is 20.8 Å². The first-order valence-corrected chi connectivity index (χ1v) is 5.67. The summed E-state index contributed by atoms with van der Waals surface area (Å²) >= 11 is 0. The summed E-state index contributed by atoms with van der Waals surface area (Å²) in [5.41, 5.74) is 3.52. The maximum atomic E-state index is 4.42. The van der Waals surface area contributed by atoms with Crippen molar-refractivity contribution < 1.29 is 0 Å². The van der Waals surface area contributed by atoms with E-state index in [9.17, 15) is 0 Å². The third-order valence-corrected chi connectivity index (χ3v) is 3.04. The fourth-order valence-corrected chi connectivity index (χ4v) is 2.08. The molecule has 0 bridgehead atoms. The quantitative estimate of drug-likeness (QED) is 0.828. The Morgan fingerprint density at radius 2 is 2.24 bits per heavy atom. The summed E-state index contributed by atoms with van der Waals surface area (Å²) in [6, 6.07) is 0.244. The van der Waals surface area contributed by atoms with E-state index in [1.807, 2.05) is 18.7 Å². The van der Waals surface area contributed by atoms with Gasteiger partial charge >= 0.3 is 0 Å². The minimum absolute atomic E-state index is 0.244. The van der Waals surface area contributed by atoms with Crippen LogP contribution >= 0.6 is 0 Å². The second-order valence-electron chi connectivity index (χ2n) is 4.24. The maximum absolute atomic E-state index is 4.42. The van der Waals surface area contributed by atoms with Crippen molar-refractivity contribution in [3.05, 3.63) is 29.1 Å². The zero-order valence-electron chi connectivity index (χ0n) is 10.7. The van der Waals surface area contributed by atoms with Gasteiger partial charge in [-0.2, -0.15) is 10.2 Å². The van der Waals surface area contributed by atoms with Crippen molar-refractivity contribution >= 4 is 0 Å². The molecule has 2 N–H and O–H groups in total. The van der Waals surface area contributed by atoms with Crippen LogP contribution in [-0.2, 0) is 13.6 Å². The number of aryl methyl sites for hydroxylation is 2. The zero-order valence-corrected chi connectivity index (χ0v) is 10.7. The third kappa shape index (κ3) is 2.36. The van der Waals surface area contributed by atoms with E-state index >= 15 is 0 Å². The Labute approximate surface area is 100 Å². The first-order chi connectivity index (χ1) is 8.09. The van der Waals surface area contributed by atoms with E-state index in [0.29, 0.717) is 6.54 Å². The molecule has 2 rings (SSSR count). The topological polar surface area (TPSA) is 71.4 Å². The highest BCUT2D eigenvalue weighted by Crippen LogP contribution is 2.20. The second-order valence-corrected chi connectivity index (χ2v) is 4.24. The van der Waals surface area contributed by atoms with E-state index in [0.717, 1.165) is 11.5 Å². The molecular formula is C11H18N6. The minimum Gasteiger partial charge on any atom is -0.303 e. The van der Waals surface area contributed by atoms with Crippen LogP contribution in [0.1, 0.15) is 35.7 Å². The van der Waals surface area contributed by atoms with Gasteiger partial charge in [0.05, 0.1) is 12.2 Å². The number of hydrogen-bond donors (Lipinski definition) is 2. The van der Waals surface area contributed by atoms with Crippen LogP contribution in [0.25, 0.3) is 0 Å². The highest BCUT2D eigenvalue weighted by atomic mass is 15.3. The van der Waals surface area contributed by atoms with Crippen molar-refractivity contribution in [1.29, 1.82) is 0 Å². The minimum atomic E-state index is 0.244. The Morgan fingerprint density at radius 3 is 2.76 bits per heavy atom. The lowest BCUT2D eigenvalue weighted by Gasteiger charge is -2.13. The van der Waals surface area contributed by atoms with Crippen LogP contribution in [0.4, 0.5) is 0 Å². The zero-order chi connectivity index (χ0) is 12.4. The standard InChI is InChI=1S/C11H18N6/c1-7(12-5-10-13-6-14-15-10)11-8(2)16-17(4)9(11)3/h6-7,12H,5H2,1-4H3,(H,13,14,15). The van der Waals surface area contributed by atoms with Gasteiger partial charge in [0.25, 0.3) is 0 Å². The molecule has 1 atom stereocenters. The summed E-state index contributed by atoms with van der Waals surface area (Å²) < 4.78 is 1.91. The molecule has 0 spiro atoms. The summed E-state index contributed by atoms with van der Waals surface area (Å²) in [5.74, 6) is 0.844. The van der Waals surface area contributed by atoms with Crippen molar-refractivity contribution in [2.75, 3.05) is 0 Å². The molecular weight excluding hydrogens is 216 g/mol. The highest BCUT2D eigenvalue weighted by Gasteiger charge is 2.15. The lowest BCUT2D eigenvalue weighted by atomic mass is 10.1. The number of nitrogens with zero attached hydrogens (tertiary/aromatic N) is 4. The van der Waals surface area contributed by atoms with E-state index < -0.39 is 0 Å². The largest absolute Gasteiger partial charge is 0.303 e. The summed E-state index contributed by atoms with van der Waals surface area (Å²) in [6.45, 7) is 6.93. The van der Waals surface area contributed by atoms with Gasteiger partial charge in [-0.3, -0.25) is 9.78 Å². The summed E-state index contributed by atoms with van der Waals surface area (Å²) in [6.07, 6.45) is 1.52. The molecule has 0 aliphatic carbocycles. The number of hydrogen-bond acceptors (Lipinski definition) is 4. The highest BCUT2D eigenvalue weighted by molar-refractivity contribution is 5.27. The summed E-state index contributed by atoms with van der Waals surface area (Å²) in [4.78, 5) is 4.08. The fraction of sp³-hybridized carbons (Fsp3) is 0.545. The van der Waals surface area contributed by atoms with Crippen molar-refractivity contribution in [3.63, 3.8) is 0 Å². The van der Waals surface area contributed by atoms with E-state index in [2.05, 4.69) is 39.4 Å². The van der Waals surface area contributed by atoms with Gasteiger partial charge in [-0.25, -0.2) is 4.98 Å². The molecule has 0 radical (unpaired) electrons. The van der Waals surface area contributed by atoms with Crippen LogP contribution in [-0.4, -0.2) is 25.0 Å². The van der Waals surface area contributed by atoms with Gasteiger partial charge in [-0.15, -0.1) is 0 Å². The predicted molar refractivity (Wildman–Crippen MR) is 64.3 cm³/mol. The molecule has 0 saturated heterocycles. The SMILES string of the molecule is Cc1nn(C)c(C)c1C(C)NCc1ncn[nH]1. The van der Waals surface area contributed by atoms with Gasteiger partial charge in [0.1, 0.15) is 12.2 Å². The van der Waals surface area contributed by atoms with Crippen LogP contribution < -0.4 is 5.32 Å². The summed E-state index contributed by atoms with van der Waals surface area (Å²) in [5, 5.41) is 14.5. The average Bonchev–Trinajstić information content (AvgIpc) is 2.86. The van der Waals surface area contributed by atoms with Crippen molar-refractivity contribution in [2.24, 2.45) is 7.05 Å². The average molecular weight is 234 g/mol. The molecule has 0 saturated carbocycles. The molecule has 1 unspecified atom stereocenters. The molecule has 2 heterocycles. The molecule has 0 aromatic carbocycles. The normalized spacial score (nSPS) is 12.9. The Hall–Kier alpha value is -1.69. The molecule has 0 fully saturated rings. The number of nitrogens with one attached hydrogen (secondary N) is 2. The Bertz CT molecular complexity index is 484. The van der Waals surface area contributed by atoms with Crippen LogP contribution in [0.15, 0.2) is 6.33 Å². The van der Waals surface area contributed by atoms with Crippen LogP contribution in [0, 0.1) is 13.8 Å². The molecule has 17 heavy (non-hydrogen) atoms. The lowest BCUT2D eigenvalue weighted by molar-refractivity contribution is 0.555. The number of aromatic amines is 1. The van der Waals surface area contributed by atoms with Crippen LogP contribution in [0.3, 0.4) is 0 Å². The Balaban J connectivity index is 2.07. The number of aromatic nitrogens is 5. The predicted octanol–water partition coefficient (Wildman–Crippen LogP) is 1.01. The number of H-pyrrole nitrogens is 1. The van der Waals surface area contributed by atoms with Crippen molar-refractivity contribution in [3.8, 4) is 0 Å². The van der Waals surface area contributed by atoms with E-state index in [1.54, 1.807) is 0 Å². The Morgan fingerprint density at radius 1 is 1.47 bits per heavy atom. The fourth-order valence-electron chi connectivity index (χ4n) is 2.08. The monoisotopic (exact) mass is 234 g/mol. The van der Waals surface area contributed by atoms with Gasteiger partial charge in [0.2, 0.25) is 0 Å². The van der Waals surface area contributed by atoms with Crippen LogP contribution in [0.5, 0.6) is 0 Å². The Kier molecular flexibility index (Phi) is 3.23. The molecule has 6 heteroatoms. The van der Waals surface area contributed by atoms with Gasteiger partial charge in [0, 0.05) is 24.3 Å². The summed E-state index contributed by atoms with van der Waals surface area (Å²) in [7, 11) is 1.97. The van der Waals surface area contributed by atoms with Crippen LogP contribution in [0.2, 0.25) is 0 Å². The smallest absolute Gasteiger partial charge is 0.138 e. The van der Waals surface area contributed by atoms with Crippen molar-refractivity contribution in [2.45, 2.75) is 33.4 Å².